The molecule has 0 aromatic carbocycles. The van der Waals surface area contributed by atoms with Crippen molar-refractivity contribution in [3.8, 4) is 0 Å². The molecule has 5 nitrogen and oxygen atoms in total. The molecule has 0 radical (unpaired) electrons. The first kappa shape index (κ1) is 14.7. The molecule has 5 heteroatoms. The van der Waals surface area contributed by atoms with Gasteiger partial charge in [-0.15, -0.1) is 0 Å². The molecule has 0 bridgehead atoms. The Balaban J connectivity index is 2.45. The van der Waals surface area contributed by atoms with E-state index in [0.29, 0.717) is 0 Å². The zero-order valence-corrected chi connectivity index (χ0v) is 11.8. The minimum Gasteiger partial charge on any atom is -0.323 e. The van der Waals surface area contributed by atoms with Crippen LogP contribution in [0.5, 0.6) is 0 Å². The Morgan fingerprint density at radius 1 is 1.44 bits per heavy atom. The lowest BCUT2D eigenvalue weighted by molar-refractivity contribution is -0.118. The van der Waals surface area contributed by atoms with Gasteiger partial charge in [0.25, 0.3) is 0 Å². The fourth-order valence-electron chi connectivity index (χ4n) is 1.62. The van der Waals surface area contributed by atoms with E-state index in [1.54, 1.807) is 6.20 Å². The highest BCUT2D eigenvalue weighted by atomic mass is 16.1. The van der Waals surface area contributed by atoms with Gasteiger partial charge in [-0.2, -0.15) is 5.10 Å². The van der Waals surface area contributed by atoms with Crippen molar-refractivity contribution in [3.05, 3.63) is 12.4 Å². The number of aromatic nitrogens is 2. The van der Waals surface area contributed by atoms with Gasteiger partial charge in [-0.05, 0) is 13.1 Å². The first-order valence-electron chi connectivity index (χ1n) is 6.62. The number of carbonyl (C=O) groups excluding carboxylic acids is 1. The summed E-state index contributed by atoms with van der Waals surface area (Å²) in [4.78, 5) is 13.9. The maximum atomic E-state index is 11.5. The van der Waals surface area contributed by atoms with Crippen LogP contribution in [0.2, 0.25) is 0 Å². The fraction of sp³-hybridized carbons (Fsp3) is 0.692. The summed E-state index contributed by atoms with van der Waals surface area (Å²) in [5, 5.41) is 7.09. The van der Waals surface area contributed by atoms with Crippen molar-refractivity contribution in [3.63, 3.8) is 0 Å². The lowest BCUT2D eigenvalue weighted by Gasteiger charge is -2.17. The van der Waals surface area contributed by atoms with Crippen molar-refractivity contribution < 1.29 is 4.79 Å². The van der Waals surface area contributed by atoms with E-state index < -0.39 is 0 Å². The highest BCUT2D eigenvalue weighted by Crippen LogP contribution is 2.07. The molecular formula is C13H24N4O. The number of amides is 1. The maximum Gasteiger partial charge on any atom is 0.227 e. The lowest BCUT2D eigenvalue weighted by Crippen LogP contribution is -2.27. The predicted octanol–water partition coefficient (Wildman–Crippen LogP) is 1.82. The van der Waals surface area contributed by atoms with Crippen molar-refractivity contribution in [2.24, 2.45) is 5.92 Å². The molecule has 1 amide bonds. The van der Waals surface area contributed by atoms with Gasteiger partial charge in [0, 0.05) is 18.7 Å². The van der Waals surface area contributed by atoms with Crippen LogP contribution in [0.4, 0.5) is 5.69 Å². The van der Waals surface area contributed by atoms with Crippen LogP contribution in [0.3, 0.4) is 0 Å². The van der Waals surface area contributed by atoms with Crippen LogP contribution in [0.15, 0.2) is 12.4 Å². The van der Waals surface area contributed by atoms with Crippen molar-refractivity contribution in [2.75, 3.05) is 25.0 Å². The first-order valence-corrected chi connectivity index (χ1v) is 6.62. The number of hydrogen-bond donors (Lipinski definition) is 1. The summed E-state index contributed by atoms with van der Waals surface area (Å²) in [6, 6.07) is 0. The third-order valence-corrected chi connectivity index (χ3v) is 2.96. The molecule has 18 heavy (non-hydrogen) atoms. The molecule has 1 rings (SSSR count). The average Bonchev–Trinajstić information content (AvgIpc) is 2.78. The number of hydrogen-bond acceptors (Lipinski definition) is 3. The van der Waals surface area contributed by atoms with Gasteiger partial charge in [-0.25, -0.2) is 0 Å². The minimum absolute atomic E-state index is 0.0102. The number of rotatable bonds is 7. The molecule has 0 fully saturated rings. The maximum absolute atomic E-state index is 11.5. The van der Waals surface area contributed by atoms with Crippen molar-refractivity contribution in [1.82, 2.24) is 14.7 Å². The summed E-state index contributed by atoms with van der Waals surface area (Å²) in [5.41, 5.74) is 0.772. The molecule has 1 aromatic rings. The molecule has 0 spiro atoms. The fourth-order valence-corrected chi connectivity index (χ4v) is 1.62. The van der Waals surface area contributed by atoms with E-state index in [4.69, 9.17) is 0 Å². The molecule has 1 heterocycles. The Kier molecular flexibility index (Phi) is 5.85. The van der Waals surface area contributed by atoms with Crippen molar-refractivity contribution in [2.45, 2.75) is 34.2 Å². The van der Waals surface area contributed by atoms with E-state index in [2.05, 4.69) is 29.2 Å². The first-order chi connectivity index (χ1) is 8.56. The second-order valence-corrected chi connectivity index (χ2v) is 4.66. The van der Waals surface area contributed by atoms with Crippen LogP contribution in [-0.2, 0) is 11.3 Å². The number of nitrogens with one attached hydrogen (secondary N) is 1. The Labute approximate surface area is 109 Å². The van der Waals surface area contributed by atoms with Gasteiger partial charge in [-0.3, -0.25) is 9.48 Å². The normalized spacial score (nSPS) is 11.2. The monoisotopic (exact) mass is 252 g/mol. The van der Waals surface area contributed by atoms with Gasteiger partial charge in [-0.1, -0.05) is 27.7 Å². The zero-order chi connectivity index (χ0) is 13.5. The van der Waals surface area contributed by atoms with Crippen LogP contribution in [0.1, 0.15) is 27.7 Å². The third kappa shape index (κ3) is 4.49. The minimum atomic E-state index is -0.0102. The van der Waals surface area contributed by atoms with Crippen LogP contribution >= 0.6 is 0 Å². The summed E-state index contributed by atoms with van der Waals surface area (Å²) < 4.78 is 1.87. The summed E-state index contributed by atoms with van der Waals surface area (Å²) in [6.07, 6.45) is 3.58. The predicted molar refractivity (Wildman–Crippen MR) is 73.5 cm³/mol. The Morgan fingerprint density at radius 2 is 2.11 bits per heavy atom. The molecule has 1 N–H and O–H groups in total. The topological polar surface area (TPSA) is 50.2 Å². The zero-order valence-electron chi connectivity index (χ0n) is 11.8. The van der Waals surface area contributed by atoms with Crippen molar-refractivity contribution >= 4 is 11.6 Å². The Hall–Kier alpha value is -1.36. The van der Waals surface area contributed by atoms with E-state index in [0.717, 1.165) is 31.9 Å². The molecule has 0 atom stereocenters. The van der Waals surface area contributed by atoms with E-state index >= 15 is 0 Å². The SMILES string of the molecule is CCN(CC)CCn1cc(NC(=O)C(C)C)cn1. The third-order valence-electron chi connectivity index (χ3n) is 2.96. The average molecular weight is 252 g/mol. The highest BCUT2D eigenvalue weighted by Gasteiger charge is 2.08. The largest absolute Gasteiger partial charge is 0.323 e. The number of likely N-dealkylation sites (N-methyl/N-ethyl adjacent to an activating group) is 1. The highest BCUT2D eigenvalue weighted by molar-refractivity contribution is 5.91. The van der Waals surface area contributed by atoms with E-state index in [9.17, 15) is 4.79 Å². The molecule has 0 aliphatic rings. The molecule has 0 saturated heterocycles. The summed E-state index contributed by atoms with van der Waals surface area (Å²) in [6.45, 7) is 12.0. The van der Waals surface area contributed by atoms with Crippen LogP contribution in [0, 0.1) is 5.92 Å². The Bertz CT molecular complexity index is 369. The number of nitrogens with zero attached hydrogens (tertiary/aromatic N) is 3. The van der Waals surface area contributed by atoms with Crippen LogP contribution in [0.25, 0.3) is 0 Å². The van der Waals surface area contributed by atoms with Crippen molar-refractivity contribution in [1.29, 1.82) is 0 Å². The molecule has 0 aliphatic carbocycles. The van der Waals surface area contributed by atoms with Crippen LogP contribution < -0.4 is 5.32 Å². The van der Waals surface area contributed by atoms with E-state index in [1.807, 2.05) is 24.7 Å². The second kappa shape index (κ2) is 7.16. The van der Waals surface area contributed by atoms with Gasteiger partial charge in [0.1, 0.15) is 0 Å². The summed E-state index contributed by atoms with van der Waals surface area (Å²) in [7, 11) is 0. The Morgan fingerprint density at radius 3 is 2.67 bits per heavy atom. The van der Waals surface area contributed by atoms with Gasteiger partial charge in [0.05, 0.1) is 18.4 Å². The second-order valence-electron chi connectivity index (χ2n) is 4.66. The van der Waals surface area contributed by atoms with Gasteiger partial charge >= 0.3 is 0 Å². The summed E-state index contributed by atoms with van der Waals surface area (Å²) in [5.74, 6) is 0.0160. The molecule has 102 valence electrons. The number of anilines is 1. The molecule has 0 unspecified atom stereocenters. The van der Waals surface area contributed by atoms with Gasteiger partial charge < -0.3 is 10.2 Å². The van der Waals surface area contributed by atoms with Gasteiger partial charge in [0.15, 0.2) is 0 Å². The quantitative estimate of drug-likeness (QED) is 0.805. The van der Waals surface area contributed by atoms with E-state index in [-0.39, 0.29) is 11.8 Å². The molecule has 1 aromatic heterocycles. The molecule has 0 aliphatic heterocycles. The van der Waals surface area contributed by atoms with Gasteiger partial charge in [0.2, 0.25) is 5.91 Å². The van der Waals surface area contributed by atoms with Crippen LogP contribution in [-0.4, -0.2) is 40.2 Å². The smallest absolute Gasteiger partial charge is 0.227 e. The standard InChI is InChI=1S/C13H24N4O/c1-5-16(6-2)7-8-17-10-12(9-14-17)15-13(18)11(3)4/h9-11H,5-8H2,1-4H3,(H,15,18). The molecular weight excluding hydrogens is 228 g/mol. The number of carbonyl (C=O) groups is 1. The summed E-state index contributed by atoms with van der Waals surface area (Å²) >= 11 is 0. The lowest BCUT2D eigenvalue weighted by atomic mass is 10.2. The van der Waals surface area contributed by atoms with E-state index in [1.165, 1.54) is 0 Å². The molecule has 0 saturated carbocycles.